The van der Waals surface area contributed by atoms with Crippen LogP contribution in [0.3, 0.4) is 0 Å². The highest BCUT2D eigenvalue weighted by atomic mass is 15.0. The lowest BCUT2D eigenvalue weighted by atomic mass is 9.79. The minimum Gasteiger partial charge on any atom is -0.341 e. The first-order valence-corrected chi connectivity index (χ1v) is 7.82. The van der Waals surface area contributed by atoms with Gasteiger partial charge in [-0.15, -0.1) is 0 Å². The molecule has 1 heterocycles. The van der Waals surface area contributed by atoms with E-state index < -0.39 is 0 Å². The highest BCUT2D eigenvalue weighted by Gasteiger charge is 2.34. The van der Waals surface area contributed by atoms with Gasteiger partial charge in [0, 0.05) is 12.0 Å². The topological polar surface area (TPSA) is 54.7 Å². The molecule has 0 aliphatic heterocycles. The Hall–Kier alpha value is -1.35. The number of aryl methyl sites for hydroxylation is 2. The first-order valence-electron chi connectivity index (χ1n) is 7.82. The summed E-state index contributed by atoms with van der Waals surface area (Å²) in [5, 5.41) is 0. The highest BCUT2D eigenvalue weighted by molar-refractivity contribution is 5.79. The van der Waals surface area contributed by atoms with Crippen LogP contribution in [-0.2, 0) is 5.41 Å². The monoisotopic (exact) mass is 271 g/mol. The molecule has 1 aliphatic carbocycles. The zero-order chi connectivity index (χ0) is 14.2. The van der Waals surface area contributed by atoms with Crippen molar-refractivity contribution < 1.29 is 0 Å². The second kappa shape index (κ2) is 5.21. The highest BCUT2D eigenvalue weighted by Crippen LogP contribution is 2.37. The van der Waals surface area contributed by atoms with E-state index in [1.807, 2.05) is 0 Å². The molecule has 0 radical (unpaired) electrons. The molecule has 1 saturated carbocycles. The summed E-state index contributed by atoms with van der Waals surface area (Å²) < 4.78 is 0. The van der Waals surface area contributed by atoms with Crippen LogP contribution in [0.5, 0.6) is 0 Å². The van der Waals surface area contributed by atoms with Gasteiger partial charge in [0.25, 0.3) is 0 Å². The van der Waals surface area contributed by atoms with Crippen molar-refractivity contribution in [3.05, 3.63) is 29.1 Å². The third-order valence-electron chi connectivity index (χ3n) is 4.88. The van der Waals surface area contributed by atoms with Crippen LogP contribution in [0.1, 0.15) is 55.5 Å². The molecule has 0 unspecified atom stereocenters. The van der Waals surface area contributed by atoms with Gasteiger partial charge in [0.05, 0.1) is 11.0 Å². The third-order valence-corrected chi connectivity index (χ3v) is 4.88. The van der Waals surface area contributed by atoms with E-state index in [1.54, 1.807) is 0 Å². The van der Waals surface area contributed by atoms with E-state index in [9.17, 15) is 0 Å². The fourth-order valence-electron chi connectivity index (χ4n) is 3.67. The molecule has 3 nitrogen and oxygen atoms in total. The van der Waals surface area contributed by atoms with Gasteiger partial charge in [-0.25, -0.2) is 4.98 Å². The molecule has 1 aliphatic rings. The van der Waals surface area contributed by atoms with Crippen molar-refractivity contribution in [1.29, 1.82) is 0 Å². The van der Waals surface area contributed by atoms with Crippen molar-refractivity contribution in [3.8, 4) is 0 Å². The average molecular weight is 271 g/mol. The maximum absolute atomic E-state index is 6.17. The summed E-state index contributed by atoms with van der Waals surface area (Å²) in [6, 6.07) is 4.40. The van der Waals surface area contributed by atoms with Crippen LogP contribution >= 0.6 is 0 Å². The van der Waals surface area contributed by atoms with E-state index in [2.05, 4.69) is 31.0 Å². The third kappa shape index (κ3) is 2.24. The normalized spacial score (nSPS) is 19.1. The Morgan fingerprint density at radius 3 is 2.50 bits per heavy atom. The standard InChI is InChI=1S/C17H25N3/c1-12-9-13(2)15-14(10-12)19-16(20-15)17(11-18)7-5-3-4-6-8-17/h9-10H,3-8,11,18H2,1-2H3,(H,19,20). The molecule has 2 aromatic rings. The second-order valence-corrected chi connectivity index (χ2v) is 6.46. The maximum atomic E-state index is 6.17. The molecule has 3 rings (SSSR count). The smallest absolute Gasteiger partial charge is 0.114 e. The zero-order valence-electron chi connectivity index (χ0n) is 12.6. The van der Waals surface area contributed by atoms with Crippen LogP contribution in [-0.4, -0.2) is 16.5 Å². The summed E-state index contributed by atoms with van der Waals surface area (Å²) >= 11 is 0. The first kappa shape index (κ1) is 13.6. The number of nitrogens with two attached hydrogens (primary N) is 1. The lowest BCUT2D eigenvalue weighted by Gasteiger charge is -2.29. The Morgan fingerprint density at radius 2 is 1.85 bits per heavy atom. The molecule has 3 N–H and O–H groups in total. The van der Waals surface area contributed by atoms with Gasteiger partial charge in [-0.05, 0) is 43.9 Å². The van der Waals surface area contributed by atoms with Crippen LogP contribution in [0.25, 0.3) is 11.0 Å². The van der Waals surface area contributed by atoms with Gasteiger partial charge in [-0.2, -0.15) is 0 Å². The van der Waals surface area contributed by atoms with Gasteiger partial charge in [-0.1, -0.05) is 31.7 Å². The predicted octanol–water partition coefficient (Wildman–Crippen LogP) is 3.73. The van der Waals surface area contributed by atoms with E-state index >= 15 is 0 Å². The van der Waals surface area contributed by atoms with Crippen molar-refractivity contribution in [3.63, 3.8) is 0 Å². The molecule has 1 aromatic heterocycles. The van der Waals surface area contributed by atoms with Gasteiger partial charge < -0.3 is 10.7 Å². The number of imidazole rings is 1. The molecule has 0 spiro atoms. The largest absolute Gasteiger partial charge is 0.341 e. The van der Waals surface area contributed by atoms with E-state index in [1.165, 1.54) is 49.7 Å². The number of nitrogens with one attached hydrogen (secondary N) is 1. The van der Waals surface area contributed by atoms with Crippen LogP contribution in [0.15, 0.2) is 12.1 Å². The SMILES string of the molecule is Cc1cc(C)c2nc(C3(CN)CCCCCC3)[nH]c2c1. The molecule has 0 saturated heterocycles. The lowest BCUT2D eigenvalue weighted by molar-refractivity contribution is 0.362. The van der Waals surface area contributed by atoms with E-state index in [0.717, 1.165) is 16.9 Å². The van der Waals surface area contributed by atoms with Crippen LogP contribution < -0.4 is 5.73 Å². The number of H-pyrrole nitrogens is 1. The molecule has 0 atom stereocenters. The van der Waals surface area contributed by atoms with Gasteiger partial charge in [0.15, 0.2) is 0 Å². The fourth-order valence-corrected chi connectivity index (χ4v) is 3.67. The van der Waals surface area contributed by atoms with E-state index in [-0.39, 0.29) is 5.41 Å². The van der Waals surface area contributed by atoms with Gasteiger partial charge in [0.1, 0.15) is 5.82 Å². The average Bonchev–Trinajstić information content (AvgIpc) is 2.71. The van der Waals surface area contributed by atoms with Crippen molar-refractivity contribution in [2.75, 3.05) is 6.54 Å². The summed E-state index contributed by atoms with van der Waals surface area (Å²) in [6.07, 6.45) is 7.54. The quantitative estimate of drug-likeness (QED) is 0.818. The molecule has 20 heavy (non-hydrogen) atoms. The Morgan fingerprint density at radius 1 is 1.15 bits per heavy atom. The van der Waals surface area contributed by atoms with Crippen molar-refractivity contribution >= 4 is 11.0 Å². The Bertz CT molecular complexity index is 604. The number of hydrogen-bond donors (Lipinski definition) is 2. The van der Waals surface area contributed by atoms with Crippen molar-refractivity contribution in [1.82, 2.24) is 9.97 Å². The summed E-state index contributed by atoms with van der Waals surface area (Å²) in [5.41, 5.74) is 11.0. The number of hydrogen-bond acceptors (Lipinski definition) is 2. The Kier molecular flexibility index (Phi) is 3.55. The number of rotatable bonds is 2. The lowest BCUT2D eigenvalue weighted by Crippen LogP contribution is -2.35. The minimum absolute atomic E-state index is 0.0653. The van der Waals surface area contributed by atoms with Crippen molar-refractivity contribution in [2.45, 2.75) is 57.8 Å². The number of nitrogens with zero attached hydrogens (tertiary/aromatic N) is 1. The molecule has 108 valence electrons. The summed E-state index contributed by atoms with van der Waals surface area (Å²) in [5.74, 6) is 1.12. The fraction of sp³-hybridized carbons (Fsp3) is 0.588. The van der Waals surface area contributed by atoms with Crippen molar-refractivity contribution in [2.24, 2.45) is 5.73 Å². The molecule has 1 aromatic carbocycles. The number of benzene rings is 1. The zero-order valence-corrected chi connectivity index (χ0v) is 12.6. The van der Waals surface area contributed by atoms with Gasteiger partial charge in [-0.3, -0.25) is 0 Å². The summed E-state index contributed by atoms with van der Waals surface area (Å²) in [7, 11) is 0. The van der Waals surface area contributed by atoms with Crippen LogP contribution in [0.2, 0.25) is 0 Å². The summed E-state index contributed by atoms with van der Waals surface area (Å²) in [6.45, 7) is 4.98. The Balaban J connectivity index is 2.09. The Labute approximate surface area is 121 Å². The number of aromatic nitrogens is 2. The van der Waals surface area contributed by atoms with Gasteiger partial charge in [0.2, 0.25) is 0 Å². The minimum atomic E-state index is 0.0653. The predicted molar refractivity (Wildman–Crippen MR) is 84.0 cm³/mol. The number of aromatic amines is 1. The van der Waals surface area contributed by atoms with E-state index in [0.29, 0.717) is 6.54 Å². The molecule has 0 amide bonds. The second-order valence-electron chi connectivity index (χ2n) is 6.46. The van der Waals surface area contributed by atoms with Crippen LogP contribution in [0, 0.1) is 13.8 Å². The first-order chi connectivity index (χ1) is 9.64. The molecule has 3 heteroatoms. The molecule has 0 bridgehead atoms. The number of fused-ring (bicyclic) bond motifs is 1. The van der Waals surface area contributed by atoms with Crippen LogP contribution in [0.4, 0.5) is 0 Å². The van der Waals surface area contributed by atoms with E-state index in [4.69, 9.17) is 10.7 Å². The molecular formula is C17H25N3. The van der Waals surface area contributed by atoms with Gasteiger partial charge >= 0.3 is 0 Å². The maximum Gasteiger partial charge on any atom is 0.114 e. The summed E-state index contributed by atoms with van der Waals surface area (Å²) in [4.78, 5) is 8.50. The molecule has 1 fully saturated rings. The molecular weight excluding hydrogens is 246 g/mol.